The van der Waals surface area contributed by atoms with Crippen molar-refractivity contribution in [1.82, 2.24) is 0 Å². The minimum atomic E-state index is -1.77. The van der Waals surface area contributed by atoms with Crippen molar-refractivity contribution in [3.8, 4) is 5.75 Å². The number of benzene rings is 1. The molecule has 13 heavy (non-hydrogen) atoms. The highest BCUT2D eigenvalue weighted by molar-refractivity contribution is 7.39. The van der Waals surface area contributed by atoms with E-state index < -0.39 is 13.8 Å². The lowest BCUT2D eigenvalue weighted by molar-refractivity contribution is 0.476. The molecule has 0 saturated carbocycles. The second kappa shape index (κ2) is 4.33. The van der Waals surface area contributed by atoms with Crippen molar-refractivity contribution in [3.63, 3.8) is 0 Å². The Morgan fingerprint density at radius 1 is 1.54 bits per heavy atom. The minimum absolute atomic E-state index is 0.0722. The van der Waals surface area contributed by atoms with Gasteiger partial charge in [-0.15, -0.1) is 0 Å². The monoisotopic (exact) mass is 201 g/mol. The third-order valence-corrected chi connectivity index (χ3v) is 2.53. The zero-order valence-corrected chi connectivity index (χ0v) is 8.48. The second-order valence-corrected chi connectivity index (χ2v) is 4.11. The summed E-state index contributed by atoms with van der Waals surface area (Å²) in [6, 6.07) is 4.79. The van der Waals surface area contributed by atoms with E-state index in [1.54, 1.807) is 26.0 Å². The maximum atomic E-state index is 13.2. The van der Waals surface area contributed by atoms with Crippen LogP contribution in [-0.4, -0.2) is 6.16 Å². The highest BCUT2D eigenvalue weighted by Gasteiger charge is 2.18. The molecule has 1 atom stereocenters. The fourth-order valence-corrected chi connectivity index (χ4v) is 1.35. The third-order valence-electron chi connectivity index (χ3n) is 1.61. The molecule has 0 spiro atoms. The molecular weight excluding hydrogens is 190 g/mol. The van der Waals surface area contributed by atoms with Gasteiger partial charge in [0, 0.05) is 0 Å². The van der Waals surface area contributed by atoms with E-state index in [1.165, 1.54) is 6.07 Å². The summed E-state index contributed by atoms with van der Waals surface area (Å²) in [4.78, 5) is 0. The van der Waals surface area contributed by atoms with Gasteiger partial charge in [0.1, 0.15) is 0 Å². The Balaban J connectivity index is 2.89. The fraction of sp³-hybridized carbons (Fsp3) is 0.333. The number of aryl methyl sites for hydroxylation is 1. The first-order valence-electron chi connectivity index (χ1n) is 4.03. The van der Waals surface area contributed by atoms with Crippen LogP contribution in [-0.2, 0) is 4.57 Å². The summed E-state index contributed by atoms with van der Waals surface area (Å²) >= 11 is 0. The van der Waals surface area contributed by atoms with Gasteiger partial charge in [0.25, 0.3) is 0 Å². The first-order chi connectivity index (χ1) is 6.15. The van der Waals surface area contributed by atoms with Gasteiger partial charge >= 0.3 is 8.03 Å². The van der Waals surface area contributed by atoms with Crippen molar-refractivity contribution >= 4 is 8.03 Å². The van der Waals surface area contributed by atoms with Gasteiger partial charge in [0.05, 0.1) is 0 Å². The summed E-state index contributed by atoms with van der Waals surface area (Å²) in [6.07, 6.45) is 0.392. The zero-order valence-electron chi connectivity index (χ0n) is 7.58. The lowest BCUT2D eigenvalue weighted by atomic mass is 10.2. The summed E-state index contributed by atoms with van der Waals surface area (Å²) in [6.45, 7) is 3.37. The molecule has 0 saturated heterocycles. The molecule has 0 radical (unpaired) electrons. The van der Waals surface area contributed by atoms with Crippen LogP contribution in [0.5, 0.6) is 5.75 Å². The summed E-state index contributed by atoms with van der Waals surface area (Å²) < 4.78 is 29.2. The van der Waals surface area contributed by atoms with Gasteiger partial charge < -0.3 is 0 Å². The number of rotatable bonds is 3. The molecule has 0 aliphatic carbocycles. The Morgan fingerprint density at radius 3 is 2.85 bits per heavy atom. The zero-order chi connectivity index (χ0) is 9.84. The van der Waals surface area contributed by atoms with Crippen LogP contribution in [0.25, 0.3) is 0 Å². The van der Waals surface area contributed by atoms with Crippen LogP contribution in [0.2, 0.25) is 0 Å². The molecule has 0 amide bonds. The lowest BCUT2D eigenvalue weighted by Crippen LogP contribution is -1.89. The third kappa shape index (κ3) is 2.49. The number of hydrogen-bond acceptors (Lipinski definition) is 2. The van der Waals surface area contributed by atoms with Gasteiger partial charge in [-0.2, -0.15) is 0 Å². The molecule has 0 aromatic heterocycles. The van der Waals surface area contributed by atoms with Crippen LogP contribution in [0.15, 0.2) is 18.2 Å². The van der Waals surface area contributed by atoms with E-state index in [-0.39, 0.29) is 5.75 Å². The lowest BCUT2D eigenvalue weighted by Gasteiger charge is -1.97. The summed E-state index contributed by atoms with van der Waals surface area (Å²) in [5.74, 6) is -0.359. The van der Waals surface area contributed by atoms with Crippen LogP contribution in [0.4, 0.5) is 4.39 Å². The molecule has 1 aromatic carbocycles. The molecule has 70 valence electrons. The first-order valence-corrected chi connectivity index (χ1v) is 5.39. The van der Waals surface area contributed by atoms with Crippen molar-refractivity contribution < 1.29 is 13.5 Å². The van der Waals surface area contributed by atoms with E-state index >= 15 is 0 Å². The van der Waals surface area contributed by atoms with Gasteiger partial charge in [-0.05, 0) is 30.0 Å². The van der Waals surface area contributed by atoms with E-state index in [2.05, 4.69) is 0 Å². The molecule has 2 nitrogen and oxygen atoms in total. The van der Waals surface area contributed by atoms with E-state index in [9.17, 15) is 8.96 Å². The van der Waals surface area contributed by atoms with Gasteiger partial charge in [-0.3, -0.25) is 4.52 Å². The molecule has 1 aromatic rings. The number of hydrogen-bond donors (Lipinski definition) is 0. The van der Waals surface area contributed by atoms with Crippen molar-refractivity contribution in [2.45, 2.75) is 13.8 Å². The number of halogens is 1. The average Bonchev–Trinajstić information content (AvgIpc) is 2.13. The first kappa shape index (κ1) is 10.1. The normalized spacial score (nSPS) is 11.2. The van der Waals surface area contributed by atoms with Gasteiger partial charge in [0.2, 0.25) is 5.75 Å². The van der Waals surface area contributed by atoms with Crippen LogP contribution in [0.3, 0.4) is 0 Å². The van der Waals surface area contributed by atoms with Crippen LogP contribution in [0.1, 0.15) is 12.5 Å². The molecule has 1 unspecified atom stereocenters. The highest BCUT2D eigenvalue weighted by atomic mass is 31.1. The molecule has 0 fully saturated rings. The molecule has 1 rings (SSSR count). The maximum Gasteiger partial charge on any atom is 0.555 e. The summed E-state index contributed by atoms with van der Waals surface area (Å²) in [5.41, 5.74) is 0.497. The van der Waals surface area contributed by atoms with Gasteiger partial charge in [-0.25, -0.2) is 4.39 Å². The minimum Gasteiger partial charge on any atom is -0.251 e. The molecule has 0 N–H and O–H groups in total. The molecule has 0 aliphatic rings. The SMILES string of the molecule is CC[P+](=O)Oc1cccc(C)c1F. The smallest absolute Gasteiger partial charge is 0.251 e. The topological polar surface area (TPSA) is 26.3 Å². The van der Waals surface area contributed by atoms with Crippen molar-refractivity contribution in [3.05, 3.63) is 29.6 Å². The summed E-state index contributed by atoms with van der Waals surface area (Å²) in [5, 5.41) is 0. The molecule has 4 heteroatoms. The van der Waals surface area contributed by atoms with E-state index in [1.807, 2.05) is 0 Å². The second-order valence-electron chi connectivity index (χ2n) is 2.63. The Hall–Kier alpha value is -0.950. The molecule has 0 aliphatic heterocycles. The highest BCUT2D eigenvalue weighted by Crippen LogP contribution is 2.29. The fourth-order valence-electron chi connectivity index (χ4n) is 0.865. The van der Waals surface area contributed by atoms with Crippen molar-refractivity contribution in [2.75, 3.05) is 6.16 Å². The molecule has 0 bridgehead atoms. The maximum absolute atomic E-state index is 13.2. The predicted molar refractivity (Wildman–Crippen MR) is 49.9 cm³/mol. The summed E-state index contributed by atoms with van der Waals surface area (Å²) in [7, 11) is -1.77. The van der Waals surface area contributed by atoms with Gasteiger partial charge in [0.15, 0.2) is 12.0 Å². The largest absolute Gasteiger partial charge is 0.555 e. The Morgan fingerprint density at radius 2 is 2.23 bits per heavy atom. The molecular formula is C9H11FO2P+. The molecule has 0 heterocycles. The standard InChI is InChI=1S/C9H11FO2P/c1-3-13(11)12-8-6-4-5-7(2)9(8)10/h4-6H,3H2,1-2H3/q+1. The van der Waals surface area contributed by atoms with Crippen LogP contribution >= 0.6 is 8.03 Å². The van der Waals surface area contributed by atoms with Gasteiger partial charge in [-0.1, -0.05) is 12.1 Å². The van der Waals surface area contributed by atoms with E-state index in [0.717, 1.165) is 0 Å². The Kier molecular flexibility index (Phi) is 3.38. The van der Waals surface area contributed by atoms with E-state index in [4.69, 9.17) is 4.52 Å². The van der Waals surface area contributed by atoms with Crippen LogP contribution in [0, 0.1) is 12.7 Å². The van der Waals surface area contributed by atoms with E-state index in [0.29, 0.717) is 11.7 Å². The average molecular weight is 201 g/mol. The quantitative estimate of drug-likeness (QED) is 0.701. The van der Waals surface area contributed by atoms with Crippen molar-refractivity contribution in [1.29, 1.82) is 0 Å². The predicted octanol–water partition coefficient (Wildman–Crippen LogP) is 3.28. The Bertz CT molecular complexity index is 325. The van der Waals surface area contributed by atoms with Crippen LogP contribution < -0.4 is 4.52 Å². The van der Waals surface area contributed by atoms with Crippen molar-refractivity contribution in [2.24, 2.45) is 0 Å². The Labute approximate surface area is 77.6 Å².